The van der Waals surface area contributed by atoms with Gasteiger partial charge in [0, 0.05) is 26.3 Å². The van der Waals surface area contributed by atoms with Crippen LogP contribution in [-0.2, 0) is 29.1 Å². The van der Waals surface area contributed by atoms with Gasteiger partial charge in [-0.2, -0.15) is 0 Å². The summed E-state index contributed by atoms with van der Waals surface area (Å²) in [6.45, 7) is 4.23. The van der Waals surface area contributed by atoms with Gasteiger partial charge in [0.05, 0.1) is 18.6 Å². The van der Waals surface area contributed by atoms with Gasteiger partial charge in [-0.3, -0.25) is 4.79 Å². The van der Waals surface area contributed by atoms with Gasteiger partial charge in [-0.1, -0.05) is 19.1 Å². The standard InChI is InChI=1S/C18H26N2O6S/c1-5-19-27(23,24)15-10-7-14(8-11-15)9-12-17(21)20(3)16(13-26-6-2)18(22)25-4/h7-12,16,19H,5-6,13H2,1-4H3/b12-9+. The molecule has 0 saturated heterocycles. The van der Waals surface area contributed by atoms with Gasteiger partial charge in [-0.25, -0.2) is 17.9 Å². The molecule has 1 unspecified atom stereocenters. The lowest BCUT2D eigenvalue weighted by Crippen LogP contribution is -2.45. The summed E-state index contributed by atoms with van der Waals surface area (Å²) in [5, 5.41) is 0. The quantitative estimate of drug-likeness (QED) is 0.467. The van der Waals surface area contributed by atoms with Crippen molar-refractivity contribution in [2.24, 2.45) is 0 Å². The number of methoxy groups -OCH3 is 1. The highest BCUT2D eigenvalue weighted by molar-refractivity contribution is 7.89. The summed E-state index contributed by atoms with van der Waals surface area (Å²) < 4.78 is 36.2. The number of sulfonamides is 1. The molecule has 0 radical (unpaired) electrons. The van der Waals surface area contributed by atoms with Crippen LogP contribution in [0.15, 0.2) is 35.2 Å². The first kappa shape index (κ1) is 22.8. The first-order valence-electron chi connectivity index (χ1n) is 8.47. The molecular weight excluding hydrogens is 372 g/mol. The fourth-order valence-electron chi connectivity index (χ4n) is 2.17. The van der Waals surface area contributed by atoms with Gasteiger partial charge >= 0.3 is 5.97 Å². The summed E-state index contributed by atoms with van der Waals surface area (Å²) in [6.07, 6.45) is 2.84. The van der Waals surface area contributed by atoms with Gasteiger partial charge in [0.15, 0.2) is 6.04 Å². The van der Waals surface area contributed by atoms with E-state index in [4.69, 9.17) is 9.47 Å². The van der Waals surface area contributed by atoms with Crippen LogP contribution >= 0.6 is 0 Å². The second kappa shape index (κ2) is 10.8. The zero-order valence-corrected chi connectivity index (χ0v) is 16.8. The summed E-state index contributed by atoms with van der Waals surface area (Å²) in [5.41, 5.74) is 0.645. The van der Waals surface area contributed by atoms with Crippen molar-refractivity contribution in [3.05, 3.63) is 35.9 Å². The Morgan fingerprint density at radius 2 is 1.85 bits per heavy atom. The third kappa shape index (κ3) is 6.78. The molecule has 0 aromatic heterocycles. The molecule has 1 N–H and O–H groups in total. The van der Waals surface area contributed by atoms with Gasteiger partial charge in [0.2, 0.25) is 15.9 Å². The minimum absolute atomic E-state index is 0.0379. The Kier molecular flexibility index (Phi) is 9.13. The van der Waals surface area contributed by atoms with Crippen LogP contribution in [0.5, 0.6) is 0 Å². The van der Waals surface area contributed by atoms with Crippen molar-refractivity contribution in [2.75, 3.05) is 33.9 Å². The smallest absolute Gasteiger partial charge is 0.331 e. The highest BCUT2D eigenvalue weighted by Gasteiger charge is 2.26. The van der Waals surface area contributed by atoms with Crippen molar-refractivity contribution in [2.45, 2.75) is 24.8 Å². The number of ether oxygens (including phenoxy) is 2. The van der Waals surface area contributed by atoms with Crippen LogP contribution in [0.2, 0.25) is 0 Å². The molecule has 1 aromatic carbocycles. The van der Waals surface area contributed by atoms with Crippen LogP contribution < -0.4 is 4.72 Å². The number of carbonyl (C=O) groups excluding carboxylic acids is 2. The molecule has 27 heavy (non-hydrogen) atoms. The maximum atomic E-state index is 12.3. The van der Waals surface area contributed by atoms with Gasteiger partial charge in [0.1, 0.15) is 0 Å². The highest BCUT2D eigenvalue weighted by Crippen LogP contribution is 2.12. The van der Waals surface area contributed by atoms with Crippen molar-refractivity contribution < 1.29 is 27.5 Å². The summed E-state index contributed by atoms with van der Waals surface area (Å²) in [4.78, 5) is 25.5. The van der Waals surface area contributed by atoms with Crippen LogP contribution in [0.1, 0.15) is 19.4 Å². The first-order valence-corrected chi connectivity index (χ1v) is 9.95. The number of nitrogens with one attached hydrogen (secondary N) is 1. The molecule has 0 bridgehead atoms. The molecule has 0 aliphatic rings. The number of hydrogen-bond acceptors (Lipinski definition) is 6. The molecule has 0 aliphatic heterocycles. The molecule has 0 aliphatic carbocycles. The number of esters is 1. The molecule has 1 atom stereocenters. The average Bonchev–Trinajstić information content (AvgIpc) is 2.66. The Balaban J connectivity index is 2.85. The Bertz CT molecular complexity index is 759. The lowest BCUT2D eigenvalue weighted by molar-refractivity contribution is -0.152. The molecular formula is C18H26N2O6S. The molecule has 1 rings (SSSR count). The van der Waals surface area contributed by atoms with Gasteiger partial charge in [-0.15, -0.1) is 0 Å². The zero-order valence-electron chi connectivity index (χ0n) is 16.0. The summed E-state index contributed by atoms with van der Waals surface area (Å²) in [7, 11) is -0.785. The number of amides is 1. The van der Waals surface area contributed by atoms with Crippen LogP contribution in [0, 0.1) is 0 Å². The fraction of sp³-hybridized carbons (Fsp3) is 0.444. The predicted octanol–water partition coefficient (Wildman–Crippen LogP) is 1.03. The lowest BCUT2D eigenvalue weighted by Gasteiger charge is -2.24. The van der Waals surface area contributed by atoms with Crippen molar-refractivity contribution in [3.8, 4) is 0 Å². The van der Waals surface area contributed by atoms with Crippen molar-refractivity contribution >= 4 is 28.0 Å². The summed E-state index contributed by atoms with van der Waals surface area (Å²) >= 11 is 0. The van der Waals surface area contributed by atoms with Gasteiger partial charge in [0.25, 0.3) is 0 Å². The van der Waals surface area contributed by atoms with E-state index in [1.54, 1.807) is 26.0 Å². The maximum absolute atomic E-state index is 12.3. The van der Waals surface area contributed by atoms with E-state index in [1.807, 2.05) is 0 Å². The minimum Gasteiger partial charge on any atom is -0.467 e. The topological polar surface area (TPSA) is 102 Å². The Morgan fingerprint density at radius 1 is 1.22 bits per heavy atom. The number of benzene rings is 1. The summed E-state index contributed by atoms with van der Waals surface area (Å²) in [5.74, 6) is -0.972. The summed E-state index contributed by atoms with van der Waals surface area (Å²) in [6, 6.07) is 5.24. The Labute approximate surface area is 160 Å². The van der Waals surface area contributed by atoms with E-state index in [0.29, 0.717) is 18.7 Å². The molecule has 0 saturated carbocycles. The monoisotopic (exact) mass is 398 g/mol. The maximum Gasteiger partial charge on any atom is 0.331 e. The van der Waals surface area contributed by atoms with E-state index in [1.165, 1.54) is 43.3 Å². The third-order valence-electron chi connectivity index (χ3n) is 3.71. The number of likely N-dealkylation sites (N-methyl/N-ethyl adjacent to an activating group) is 1. The fourth-order valence-corrected chi connectivity index (χ4v) is 3.21. The second-order valence-corrected chi connectivity index (χ2v) is 7.32. The van der Waals surface area contributed by atoms with Crippen LogP contribution in [0.25, 0.3) is 6.08 Å². The number of nitrogens with zero attached hydrogens (tertiary/aromatic N) is 1. The molecule has 9 heteroatoms. The van der Waals surface area contributed by atoms with Crippen LogP contribution in [0.3, 0.4) is 0 Å². The van der Waals surface area contributed by atoms with E-state index in [2.05, 4.69) is 4.72 Å². The number of rotatable bonds is 10. The van der Waals surface area contributed by atoms with Crippen LogP contribution in [0.4, 0.5) is 0 Å². The number of hydrogen-bond donors (Lipinski definition) is 1. The zero-order chi connectivity index (χ0) is 20.4. The first-order chi connectivity index (χ1) is 12.8. The van der Waals surface area contributed by atoms with Crippen molar-refractivity contribution in [3.63, 3.8) is 0 Å². The van der Waals surface area contributed by atoms with Gasteiger partial charge < -0.3 is 14.4 Å². The molecule has 0 spiro atoms. The molecule has 0 heterocycles. The van der Waals surface area contributed by atoms with Gasteiger partial charge in [-0.05, 0) is 30.7 Å². The van der Waals surface area contributed by atoms with Crippen molar-refractivity contribution in [1.82, 2.24) is 9.62 Å². The normalized spacial score (nSPS) is 12.7. The average molecular weight is 398 g/mol. The highest BCUT2D eigenvalue weighted by atomic mass is 32.2. The Hall–Kier alpha value is -2.23. The molecule has 0 fully saturated rings. The van der Waals surface area contributed by atoms with E-state index in [-0.39, 0.29) is 11.5 Å². The third-order valence-corrected chi connectivity index (χ3v) is 5.27. The lowest BCUT2D eigenvalue weighted by atomic mass is 10.2. The predicted molar refractivity (Wildman–Crippen MR) is 101 cm³/mol. The van der Waals surface area contributed by atoms with E-state index < -0.39 is 27.9 Å². The molecule has 1 aromatic rings. The van der Waals surface area contributed by atoms with E-state index in [0.717, 1.165) is 0 Å². The molecule has 1 amide bonds. The minimum atomic E-state index is -3.52. The van der Waals surface area contributed by atoms with E-state index in [9.17, 15) is 18.0 Å². The number of carbonyl (C=O) groups is 2. The van der Waals surface area contributed by atoms with E-state index >= 15 is 0 Å². The molecule has 8 nitrogen and oxygen atoms in total. The largest absolute Gasteiger partial charge is 0.467 e. The molecule has 150 valence electrons. The second-order valence-electron chi connectivity index (χ2n) is 5.55. The SMILES string of the molecule is CCNS(=O)(=O)c1ccc(/C=C/C(=O)N(C)C(COCC)C(=O)OC)cc1. The van der Waals surface area contributed by atoms with Crippen LogP contribution in [-0.4, -0.2) is 65.2 Å². The Morgan fingerprint density at radius 3 is 2.37 bits per heavy atom. The van der Waals surface area contributed by atoms with Crippen molar-refractivity contribution in [1.29, 1.82) is 0 Å².